The molecule has 4 aromatic carbocycles. The highest BCUT2D eigenvalue weighted by atomic mass is 32.2. The van der Waals surface area contributed by atoms with Gasteiger partial charge in [-0.2, -0.15) is 13.0 Å². The molecule has 49 heavy (non-hydrogen) atoms. The SMILES string of the molecule is CCC(/C=C1\Oc2ccc(-c3ccccc3)cc2N1CCS(=O)(=O)[O-])=C\C=C\c1oc2ccc(-c3ccccc3)cc2[n+]1CCS(=O)(=O)O. The Bertz CT molecular complexity index is 2290. The lowest BCUT2D eigenvalue weighted by Crippen LogP contribution is -2.38. The lowest BCUT2D eigenvalue weighted by Gasteiger charge is -2.20. The van der Waals surface area contributed by atoms with Crippen LogP contribution in [-0.4, -0.2) is 44.0 Å². The van der Waals surface area contributed by atoms with Gasteiger partial charge in [-0.15, -0.1) is 0 Å². The second kappa shape index (κ2) is 14.2. The zero-order valence-electron chi connectivity index (χ0n) is 26.6. The molecule has 0 saturated carbocycles. The van der Waals surface area contributed by atoms with Crippen LogP contribution >= 0.6 is 0 Å². The zero-order chi connectivity index (χ0) is 34.6. The topological polar surface area (TPSA) is 141 Å². The fourth-order valence-electron chi connectivity index (χ4n) is 5.61. The number of aromatic nitrogens is 1. The molecule has 0 atom stereocenters. The minimum Gasteiger partial charge on any atom is -0.748 e. The Hall–Kier alpha value is -5.01. The summed E-state index contributed by atoms with van der Waals surface area (Å²) in [4.78, 5) is 1.69. The Morgan fingerprint density at radius 3 is 2.14 bits per heavy atom. The quantitative estimate of drug-likeness (QED) is 0.0869. The predicted octanol–water partition coefficient (Wildman–Crippen LogP) is 6.58. The molecular formula is C37H34N2O8S2. The number of rotatable bonds is 12. The highest BCUT2D eigenvalue weighted by Crippen LogP contribution is 2.42. The van der Waals surface area contributed by atoms with E-state index in [9.17, 15) is 25.9 Å². The van der Waals surface area contributed by atoms with Crippen molar-refractivity contribution in [3.8, 4) is 28.0 Å². The van der Waals surface area contributed by atoms with E-state index >= 15 is 0 Å². The van der Waals surface area contributed by atoms with Gasteiger partial charge in [-0.1, -0.05) is 91.9 Å². The van der Waals surface area contributed by atoms with E-state index in [-0.39, 0.29) is 13.1 Å². The summed E-state index contributed by atoms with van der Waals surface area (Å²) in [7, 11) is -8.73. The molecule has 252 valence electrons. The van der Waals surface area contributed by atoms with Crippen LogP contribution < -0.4 is 14.2 Å². The molecule has 1 N–H and O–H groups in total. The summed E-state index contributed by atoms with van der Waals surface area (Å²) in [6.45, 7) is 1.83. The standard InChI is InChI=1S/C37H34N2O8S2/c1-2-27(24-37-39(21-23-49(43,44)45)33-26-31(17-19-35(33)47-37)29-13-7-4-8-14-29)10-9-15-36-38(20-22-48(40,41)42)32-25-30(16-18-34(32)46-36)28-11-5-3-6-12-28/h3-19,24-26H,2,20-23H2,1H3,(H-,40,41,42,43,44,45). The lowest BCUT2D eigenvalue weighted by atomic mass is 10.0. The van der Waals surface area contributed by atoms with Gasteiger partial charge in [0.2, 0.25) is 11.5 Å². The number of fused-ring (bicyclic) bond motifs is 2. The summed E-state index contributed by atoms with van der Waals surface area (Å²) in [6, 6.07) is 30.8. The number of hydrogen-bond donors (Lipinski definition) is 1. The number of benzene rings is 4. The van der Waals surface area contributed by atoms with Gasteiger partial charge in [0.05, 0.1) is 27.6 Å². The van der Waals surface area contributed by atoms with Gasteiger partial charge in [0.25, 0.3) is 15.6 Å². The number of nitrogens with zero attached hydrogens (tertiary/aromatic N) is 2. The summed E-state index contributed by atoms with van der Waals surface area (Å²) >= 11 is 0. The van der Waals surface area contributed by atoms with Crippen molar-refractivity contribution in [2.45, 2.75) is 19.9 Å². The normalized spacial score (nSPS) is 14.6. The summed E-state index contributed by atoms with van der Waals surface area (Å²) in [5.74, 6) is 0.199. The molecule has 0 bridgehead atoms. The van der Waals surface area contributed by atoms with E-state index < -0.39 is 31.7 Å². The summed E-state index contributed by atoms with van der Waals surface area (Å²) in [5, 5.41) is 0. The molecule has 1 aliphatic heterocycles. The Morgan fingerprint density at radius 1 is 0.857 bits per heavy atom. The molecule has 6 rings (SSSR count). The molecule has 10 nitrogen and oxygen atoms in total. The van der Waals surface area contributed by atoms with E-state index in [1.54, 1.807) is 27.7 Å². The number of ether oxygens (including phenoxy) is 1. The van der Waals surface area contributed by atoms with Gasteiger partial charge in [-0.3, -0.25) is 4.55 Å². The van der Waals surface area contributed by atoms with E-state index in [1.165, 1.54) is 0 Å². The van der Waals surface area contributed by atoms with Crippen LogP contribution in [-0.2, 0) is 26.8 Å². The second-order valence-electron chi connectivity index (χ2n) is 11.4. The van der Waals surface area contributed by atoms with Crippen molar-refractivity contribution in [3.63, 3.8) is 0 Å². The largest absolute Gasteiger partial charge is 0.748 e. The van der Waals surface area contributed by atoms with Crippen molar-refractivity contribution in [2.75, 3.05) is 23.0 Å². The minimum absolute atomic E-state index is 0.0349. The fourth-order valence-corrected chi connectivity index (χ4v) is 6.43. The highest BCUT2D eigenvalue weighted by Gasteiger charge is 2.28. The number of hydrogen-bond acceptors (Lipinski definition) is 8. The maximum absolute atomic E-state index is 11.7. The van der Waals surface area contributed by atoms with Crippen molar-refractivity contribution in [1.29, 1.82) is 0 Å². The predicted molar refractivity (Wildman–Crippen MR) is 188 cm³/mol. The van der Waals surface area contributed by atoms with Gasteiger partial charge in [0, 0.05) is 18.7 Å². The Labute approximate surface area is 285 Å². The van der Waals surface area contributed by atoms with Crippen LogP contribution in [0.2, 0.25) is 0 Å². The molecule has 0 amide bonds. The number of aryl methyl sites for hydroxylation is 1. The maximum atomic E-state index is 11.7. The summed E-state index contributed by atoms with van der Waals surface area (Å²) in [5.41, 5.74) is 6.50. The van der Waals surface area contributed by atoms with Crippen molar-refractivity contribution >= 4 is 43.1 Å². The Kier molecular flexibility index (Phi) is 9.84. The highest BCUT2D eigenvalue weighted by molar-refractivity contribution is 7.85. The maximum Gasteiger partial charge on any atom is 0.374 e. The van der Waals surface area contributed by atoms with E-state index in [0.717, 1.165) is 27.8 Å². The average molecular weight is 699 g/mol. The summed E-state index contributed by atoms with van der Waals surface area (Å²) < 4.78 is 81.7. The van der Waals surface area contributed by atoms with Gasteiger partial charge < -0.3 is 18.6 Å². The lowest BCUT2D eigenvalue weighted by molar-refractivity contribution is -0.673. The van der Waals surface area contributed by atoms with Crippen LogP contribution in [0.1, 0.15) is 19.2 Å². The Balaban J connectivity index is 1.33. The molecule has 2 heterocycles. The fraction of sp³-hybridized carbons (Fsp3) is 0.162. The first-order valence-electron chi connectivity index (χ1n) is 15.6. The average Bonchev–Trinajstić information content (AvgIpc) is 3.61. The molecule has 0 radical (unpaired) electrons. The van der Waals surface area contributed by atoms with Crippen LogP contribution in [0.25, 0.3) is 39.4 Å². The molecule has 5 aromatic rings. The molecule has 0 fully saturated rings. The smallest absolute Gasteiger partial charge is 0.374 e. The van der Waals surface area contributed by atoms with Gasteiger partial charge in [0.15, 0.2) is 12.3 Å². The molecule has 1 aliphatic rings. The third-order valence-electron chi connectivity index (χ3n) is 8.08. The first-order chi connectivity index (χ1) is 23.5. The number of anilines is 1. The van der Waals surface area contributed by atoms with E-state index in [1.807, 2.05) is 110 Å². The van der Waals surface area contributed by atoms with Crippen LogP contribution in [0.4, 0.5) is 5.69 Å². The van der Waals surface area contributed by atoms with Crippen molar-refractivity contribution < 1.29 is 39.7 Å². The monoisotopic (exact) mass is 698 g/mol. The second-order valence-corrected chi connectivity index (χ2v) is 14.5. The van der Waals surface area contributed by atoms with Crippen LogP contribution in [0.5, 0.6) is 5.75 Å². The van der Waals surface area contributed by atoms with Gasteiger partial charge in [0.1, 0.15) is 5.75 Å². The van der Waals surface area contributed by atoms with Gasteiger partial charge >= 0.3 is 5.89 Å². The third kappa shape index (κ3) is 8.35. The molecule has 1 aromatic heterocycles. The molecule has 12 heteroatoms. The first kappa shape index (κ1) is 33.9. The van der Waals surface area contributed by atoms with Crippen molar-refractivity contribution in [2.24, 2.45) is 0 Å². The minimum atomic E-state index is -4.49. The van der Waals surface area contributed by atoms with E-state index in [0.29, 0.717) is 40.7 Å². The van der Waals surface area contributed by atoms with Crippen molar-refractivity contribution in [3.05, 3.63) is 133 Å². The molecule has 0 unspecified atom stereocenters. The molecule has 0 saturated heterocycles. The molecular weight excluding hydrogens is 665 g/mol. The molecule has 0 aliphatic carbocycles. The third-order valence-corrected chi connectivity index (χ3v) is 9.46. The van der Waals surface area contributed by atoms with E-state index in [2.05, 4.69) is 0 Å². The van der Waals surface area contributed by atoms with Crippen LogP contribution in [0, 0.1) is 0 Å². The summed E-state index contributed by atoms with van der Waals surface area (Å²) in [6.07, 6.45) is 7.68. The van der Waals surface area contributed by atoms with Crippen molar-refractivity contribution in [1.82, 2.24) is 0 Å². The number of allylic oxidation sites excluding steroid dienone is 4. The van der Waals surface area contributed by atoms with Gasteiger partial charge in [-0.05, 0) is 52.4 Å². The van der Waals surface area contributed by atoms with Crippen LogP contribution in [0.3, 0.4) is 0 Å². The van der Waals surface area contributed by atoms with Crippen LogP contribution in [0.15, 0.2) is 131 Å². The Morgan fingerprint density at radius 2 is 1.51 bits per heavy atom. The number of oxazole rings is 1. The van der Waals surface area contributed by atoms with Gasteiger partial charge in [-0.25, -0.2) is 8.42 Å². The zero-order valence-corrected chi connectivity index (χ0v) is 28.2. The first-order valence-corrected chi connectivity index (χ1v) is 18.8. The van der Waals surface area contributed by atoms with E-state index in [4.69, 9.17) is 9.15 Å². The molecule has 0 spiro atoms.